The summed E-state index contributed by atoms with van der Waals surface area (Å²) >= 11 is 0. The van der Waals surface area contributed by atoms with Crippen molar-refractivity contribution < 1.29 is 0 Å². The minimum Gasteiger partial charge on any atom is -0.102 e. The van der Waals surface area contributed by atoms with Crippen LogP contribution in [0.1, 0.15) is 81.2 Å². The van der Waals surface area contributed by atoms with E-state index in [0.29, 0.717) is 0 Å². The molecule has 0 spiro atoms. The van der Waals surface area contributed by atoms with Crippen LogP contribution in [0.25, 0.3) is 0 Å². The van der Waals surface area contributed by atoms with Gasteiger partial charge >= 0.3 is 0 Å². The van der Waals surface area contributed by atoms with Gasteiger partial charge in [-0.2, -0.15) is 0 Å². The SMILES string of the molecule is CCCP(CCC)Cc1c(C)cc(C)c(CP(CCC)CCC)c1C. The molecule has 0 amide bonds. The van der Waals surface area contributed by atoms with E-state index in [1.165, 1.54) is 62.7 Å². The third kappa shape index (κ3) is 7.31. The second-order valence-electron chi connectivity index (χ2n) is 7.64. The lowest BCUT2D eigenvalue weighted by molar-refractivity contribution is 1.03. The molecule has 1 aromatic rings. The van der Waals surface area contributed by atoms with Crippen molar-refractivity contribution in [1.82, 2.24) is 0 Å². The highest BCUT2D eigenvalue weighted by Crippen LogP contribution is 2.46. The molecule has 0 aromatic heterocycles. The summed E-state index contributed by atoms with van der Waals surface area (Å²) in [5, 5.41) is 0. The minimum atomic E-state index is 0.180. The van der Waals surface area contributed by atoms with Crippen LogP contribution in [0.4, 0.5) is 0 Å². The third-order valence-corrected chi connectivity index (χ3v) is 11.1. The van der Waals surface area contributed by atoms with Crippen molar-refractivity contribution >= 4 is 15.8 Å². The van der Waals surface area contributed by atoms with E-state index < -0.39 is 0 Å². The Hall–Kier alpha value is 0.0800. The molecule has 144 valence electrons. The summed E-state index contributed by atoms with van der Waals surface area (Å²) in [6, 6.07) is 2.49. The smallest absolute Gasteiger partial charge is 0.00677 e. The summed E-state index contributed by atoms with van der Waals surface area (Å²) in [7, 11) is 0.360. The summed E-state index contributed by atoms with van der Waals surface area (Å²) in [6.07, 6.45) is 13.9. The van der Waals surface area contributed by atoms with Crippen LogP contribution in [-0.4, -0.2) is 24.6 Å². The highest BCUT2D eigenvalue weighted by atomic mass is 31.1. The van der Waals surface area contributed by atoms with E-state index in [2.05, 4.69) is 54.5 Å². The van der Waals surface area contributed by atoms with Crippen molar-refractivity contribution in [2.24, 2.45) is 0 Å². The minimum absolute atomic E-state index is 0.180. The highest BCUT2D eigenvalue weighted by Gasteiger charge is 2.17. The van der Waals surface area contributed by atoms with Crippen molar-refractivity contribution in [3.8, 4) is 0 Å². The number of hydrogen-bond donors (Lipinski definition) is 0. The number of hydrogen-bond acceptors (Lipinski definition) is 0. The number of rotatable bonds is 12. The molecule has 0 unspecified atom stereocenters. The van der Waals surface area contributed by atoms with Crippen LogP contribution in [0, 0.1) is 20.8 Å². The maximum atomic E-state index is 2.49. The molecule has 0 bridgehead atoms. The van der Waals surface area contributed by atoms with E-state index in [0.717, 1.165) is 0 Å². The van der Waals surface area contributed by atoms with Crippen LogP contribution in [0.15, 0.2) is 6.07 Å². The van der Waals surface area contributed by atoms with Crippen LogP contribution in [0.5, 0.6) is 0 Å². The molecule has 1 aromatic carbocycles. The molecule has 25 heavy (non-hydrogen) atoms. The summed E-state index contributed by atoms with van der Waals surface area (Å²) in [5.74, 6) is 0. The van der Waals surface area contributed by atoms with Crippen molar-refractivity contribution in [3.05, 3.63) is 33.9 Å². The van der Waals surface area contributed by atoms with E-state index in [1.54, 1.807) is 27.8 Å². The first-order chi connectivity index (χ1) is 12.0. The fraction of sp³-hybridized carbons (Fsp3) is 0.739. The van der Waals surface area contributed by atoms with E-state index in [-0.39, 0.29) is 15.8 Å². The van der Waals surface area contributed by atoms with Crippen LogP contribution in [0.2, 0.25) is 0 Å². The average Bonchev–Trinajstić information content (AvgIpc) is 2.56. The monoisotopic (exact) mass is 380 g/mol. The molecule has 0 aliphatic carbocycles. The van der Waals surface area contributed by atoms with Gasteiger partial charge in [0.1, 0.15) is 0 Å². The lowest BCUT2D eigenvalue weighted by atomic mass is 9.95. The fourth-order valence-corrected chi connectivity index (χ4v) is 9.49. The van der Waals surface area contributed by atoms with Gasteiger partial charge in [0, 0.05) is 0 Å². The zero-order chi connectivity index (χ0) is 18.8. The molecule has 0 aliphatic rings. The van der Waals surface area contributed by atoms with Crippen molar-refractivity contribution in [1.29, 1.82) is 0 Å². The first-order valence-electron chi connectivity index (χ1n) is 10.5. The lowest BCUT2D eigenvalue weighted by Crippen LogP contribution is -2.05. The van der Waals surface area contributed by atoms with Gasteiger partial charge in [0.15, 0.2) is 0 Å². The van der Waals surface area contributed by atoms with E-state index in [9.17, 15) is 0 Å². The topological polar surface area (TPSA) is 0 Å². The summed E-state index contributed by atoms with van der Waals surface area (Å²) in [6.45, 7) is 16.6. The van der Waals surface area contributed by atoms with Gasteiger partial charge in [0.25, 0.3) is 0 Å². The summed E-state index contributed by atoms with van der Waals surface area (Å²) < 4.78 is 0. The number of aryl methyl sites for hydroxylation is 2. The van der Waals surface area contributed by atoms with Gasteiger partial charge in [0.05, 0.1) is 0 Å². The molecule has 0 radical (unpaired) electrons. The molecular formula is C23H42P2. The zero-order valence-corrected chi connectivity index (χ0v) is 19.8. The Labute approximate surface area is 161 Å². The Bertz CT molecular complexity index is 453. The summed E-state index contributed by atoms with van der Waals surface area (Å²) in [4.78, 5) is 0. The van der Waals surface area contributed by atoms with Gasteiger partial charge in [-0.3, -0.25) is 0 Å². The van der Waals surface area contributed by atoms with E-state index in [4.69, 9.17) is 0 Å². The predicted octanol–water partition coefficient (Wildman–Crippen LogP) is 8.22. The Morgan fingerprint density at radius 1 is 0.600 bits per heavy atom. The van der Waals surface area contributed by atoms with Gasteiger partial charge in [-0.15, -0.1) is 15.8 Å². The zero-order valence-electron chi connectivity index (χ0n) is 18.0. The second kappa shape index (κ2) is 12.5. The van der Waals surface area contributed by atoms with Crippen LogP contribution in [-0.2, 0) is 12.3 Å². The predicted molar refractivity (Wildman–Crippen MR) is 123 cm³/mol. The van der Waals surface area contributed by atoms with Crippen molar-refractivity contribution in [3.63, 3.8) is 0 Å². The van der Waals surface area contributed by atoms with Crippen molar-refractivity contribution in [2.75, 3.05) is 24.6 Å². The molecule has 0 heterocycles. The molecule has 1 rings (SSSR count). The lowest BCUT2D eigenvalue weighted by Gasteiger charge is -2.25. The average molecular weight is 381 g/mol. The van der Waals surface area contributed by atoms with Crippen molar-refractivity contribution in [2.45, 2.75) is 86.5 Å². The normalized spacial score (nSPS) is 11.7. The first-order valence-corrected chi connectivity index (χ1v) is 14.3. The second-order valence-corrected chi connectivity index (χ2v) is 12.7. The molecule has 0 aliphatic heterocycles. The molecule has 2 heteroatoms. The Morgan fingerprint density at radius 3 is 1.20 bits per heavy atom. The van der Waals surface area contributed by atoms with Gasteiger partial charge in [-0.25, -0.2) is 0 Å². The molecule has 0 saturated heterocycles. The fourth-order valence-electron chi connectivity index (χ4n) is 4.01. The highest BCUT2D eigenvalue weighted by molar-refractivity contribution is 7.57. The molecule has 0 atom stereocenters. The Morgan fingerprint density at radius 2 is 0.920 bits per heavy atom. The van der Waals surface area contributed by atoms with Crippen LogP contribution in [0.3, 0.4) is 0 Å². The maximum absolute atomic E-state index is 2.49. The Kier molecular flexibility index (Phi) is 11.5. The van der Waals surface area contributed by atoms with Gasteiger partial charge in [0.2, 0.25) is 0 Å². The van der Waals surface area contributed by atoms with Gasteiger partial charge in [-0.05, 0) is 85.6 Å². The van der Waals surface area contributed by atoms with Gasteiger partial charge < -0.3 is 0 Å². The standard InChI is InChI=1S/C23H42P2/c1-8-12-24(13-9-2)17-22-19(5)16-20(6)23(21(22)7)18-25(14-10-3)15-11-4/h16H,8-15,17-18H2,1-7H3. The molecular weight excluding hydrogens is 338 g/mol. The first kappa shape index (κ1) is 23.1. The van der Waals surface area contributed by atoms with E-state index in [1.807, 2.05) is 0 Å². The number of benzene rings is 1. The van der Waals surface area contributed by atoms with E-state index >= 15 is 0 Å². The molecule has 0 saturated carbocycles. The molecule has 0 nitrogen and oxygen atoms in total. The largest absolute Gasteiger partial charge is 0.102 e. The quantitative estimate of drug-likeness (QED) is 0.320. The van der Waals surface area contributed by atoms with Crippen LogP contribution >= 0.6 is 15.8 Å². The Balaban J connectivity index is 3.10. The third-order valence-electron chi connectivity index (χ3n) is 5.21. The summed E-state index contributed by atoms with van der Waals surface area (Å²) in [5.41, 5.74) is 8.16. The van der Waals surface area contributed by atoms with Gasteiger partial charge in [-0.1, -0.05) is 59.4 Å². The maximum Gasteiger partial charge on any atom is -0.00677 e. The van der Waals surface area contributed by atoms with Crippen LogP contribution < -0.4 is 0 Å². The molecule has 0 N–H and O–H groups in total. The molecule has 0 fully saturated rings.